The van der Waals surface area contributed by atoms with Crippen LogP contribution in [0.2, 0.25) is 0 Å². The van der Waals surface area contributed by atoms with Crippen molar-refractivity contribution in [2.45, 2.75) is 0 Å². The predicted molar refractivity (Wildman–Crippen MR) is 80.9 cm³/mol. The Hall–Kier alpha value is -2.69. The minimum absolute atomic E-state index is 0.0967. The Balaban J connectivity index is 2.26. The quantitative estimate of drug-likeness (QED) is 0.916. The molecule has 0 atom stereocenters. The van der Waals surface area contributed by atoms with Gasteiger partial charge in [0.25, 0.3) is 0 Å². The maximum atomic E-state index is 9.75. The zero-order chi connectivity index (χ0) is 15.2. The lowest BCUT2D eigenvalue weighted by molar-refractivity contribution is 0.364. The van der Waals surface area contributed by atoms with Crippen LogP contribution in [0.25, 0.3) is 12.2 Å². The molecule has 1 N–H and O–H groups in total. The molecule has 0 spiro atoms. The summed E-state index contributed by atoms with van der Waals surface area (Å²) in [5, 5.41) is 9.75. The van der Waals surface area contributed by atoms with Gasteiger partial charge in [-0.2, -0.15) is 4.98 Å². The van der Waals surface area contributed by atoms with Crippen LogP contribution in [-0.4, -0.2) is 31.4 Å². The molecular formula is C16H17NO4. The van der Waals surface area contributed by atoms with Crippen LogP contribution in [0.5, 0.6) is 23.3 Å². The fraction of sp³-hybridized carbons (Fsp3) is 0.188. The van der Waals surface area contributed by atoms with Crippen molar-refractivity contribution in [3.05, 3.63) is 41.5 Å². The summed E-state index contributed by atoms with van der Waals surface area (Å²) in [6.07, 6.45) is 3.71. The standard InChI is InChI=1S/C16H17NO4/c1-19-14-8-5-11(10-13(14)18)4-6-12-7-9-15(20-2)17-16(12)21-3/h4-10,18H,1-3H3/b6-4-. The highest BCUT2D eigenvalue weighted by molar-refractivity contribution is 5.72. The summed E-state index contributed by atoms with van der Waals surface area (Å²) in [5.41, 5.74) is 1.65. The number of nitrogens with zero attached hydrogens (tertiary/aromatic N) is 1. The third kappa shape index (κ3) is 3.45. The van der Waals surface area contributed by atoms with E-state index in [1.165, 1.54) is 7.11 Å². The molecule has 0 saturated heterocycles. The van der Waals surface area contributed by atoms with Gasteiger partial charge in [-0.15, -0.1) is 0 Å². The zero-order valence-corrected chi connectivity index (χ0v) is 12.2. The molecule has 0 unspecified atom stereocenters. The predicted octanol–water partition coefficient (Wildman–Crippen LogP) is 2.98. The molecule has 5 heteroatoms. The Labute approximate surface area is 123 Å². The summed E-state index contributed by atoms with van der Waals surface area (Å²) in [6.45, 7) is 0. The second-order valence-electron chi connectivity index (χ2n) is 4.22. The molecule has 0 radical (unpaired) electrons. The van der Waals surface area contributed by atoms with Gasteiger partial charge in [-0.1, -0.05) is 12.1 Å². The van der Waals surface area contributed by atoms with Crippen LogP contribution in [0.1, 0.15) is 11.1 Å². The number of rotatable bonds is 5. The number of aromatic nitrogens is 1. The number of phenols is 1. The van der Waals surface area contributed by atoms with Gasteiger partial charge in [0.05, 0.1) is 21.3 Å². The van der Waals surface area contributed by atoms with E-state index in [0.717, 1.165) is 11.1 Å². The first-order valence-electron chi connectivity index (χ1n) is 6.32. The van der Waals surface area contributed by atoms with Gasteiger partial charge in [0.2, 0.25) is 11.8 Å². The Morgan fingerprint density at radius 3 is 2.38 bits per heavy atom. The van der Waals surface area contributed by atoms with Crippen molar-refractivity contribution in [2.75, 3.05) is 21.3 Å². The Kier molecular flexibility index (Phi) is 4.66. The molecule has 2 aromatic rings. The monoisotopic (exact) mass is 287 g/mol. The van der Waals surface area contributed by atoms with Gasteiger partial charge in [-0.25, -0.2) is 0 Å². The van der Waals surface area contributed by atoms with Crippen molar-refractivity contribution in [2.24, 2.45) is 0 Å². The molecule has 0 aliphatic rings. The molecule has 0 aliphatic carbocycles. The second-order valence-corrected chi connectivity index (χ2v) is 4.22. The first-order valence-corrected chi connectivity index (χ1v) is 6.32. The lowest BCUT2D eigenvalue weighted by Crippen LogP contribution is -1.94. The number of methoxy groups -OCH3 is 3. The molecule has 0 saturated carbocycles. The zero-order valence-electron chi connectivity index (χ0n) is 12.2. The normalized spacial score (nSPS) is 10.6. The van der Waals surface area contributed by atoms with Gasteiger partial charge in [-0.3, -0.25) is 0 Å². The number of pyridine rings is 1. The van der Waals surface area contributed by atoms with Crippen LogP contribution in [0.15, 0.2) is 30.3 Å². The van der Waals surface area contributed by atoms with E-state index in [-0.39, 0.29) is 5.75 Å². The second kappa shape index (κ2) is 6.65. The van der Waals surface area contributed by atoms with Crippen LogP contribution in [0, 0.1) is 0 Å². The minimum atomic E-state index is 0.0967. The third-order valence-corrected chi connectivity index (χ3v) is 2.92. The Morgan fingerprint density at radius 1 is 0.952 bits per heavy atom. The fourth-order valence-electron chi connectivity index (χ4n) is 1.83. The number of phenolic OH excluding ortho intramolecular Hbond substituents is 1. The molecule has 2 rings (SSSR count). The average molecular weight is 287 g/mol. The summed E-state index contributed by atoms with van der Waals surface area (Å²) in [7, 11) is 4.62. The SMILES string of the molecule is COc1ccc(/C=C\c2ccc(OC)c(O)c2)c(OC)n1. The summed E-state index contributed by atoms with van der Waals surface area (Å²) in [6, 6.07) is 8.79. The molecule has 5 nitrogen and oxygen atoms in total. The molecule has 0 bridgehead atoms. The van der Waals surface area contributed by atoms with Crippen molar-refractivity contribution in [1.82, 2.24) is 4.98 Å². The minimum Gasteiger partial charge on any atom is -0.504 e. The molecular weight excluding hydrogens is 270 g/mol. The lowest BCUT2D eigenvalue weighted by atomic mass is 10.1. The maximum Gasteiger partial charge on any atom is 0.223 e. The van der Waals surface area contributed by atoms with E-state index < -0.39 is 0 Å². The highest BCUT2D eigenvalue weighted by Crippen LogP contribution is 2.28. The van der Waals surface area contributed by atoms with Crippen molar-refractivity contribution < 1.29 is 19.3 Å². The molecule has 1 aromatic carbocycles. The largest absolute Gasteiger partial charge is 0.504 e. The average Bonchev–Trinajstić information content (AvgIpc) is 2.52. The van der Waals surface area contributed by atoms with Gasteiger partial charge in [0.15, 0.2) is 11.5 Å². The molecule has 110 valence electrons. The topological polar surface area (TPSA) is 60.8 Å². The van der Waals surface area contributed by atoms with E-state index in [1.54, 1.807) is 32.4 Å². The van der Waals surface area contributed by atoms with E-state index in [9.17, 15) is 5.11 Å². The van der Waals surface area contributed by atoms with Crippen molar-refractivity contribution >= 4 is 12.2 Å². The van der Waals surface area contributed by atoms with Gasteiger partial charge in [0.1, 0.15) is 0 Å². The van der Waals surface area contributed by atoms with E-state index >= 15 is 0 Å². The molecule has 0 amide bonds. The van der Waals surface area contributed by atoms with Crippen molar-refractivity contribution in [3.63, 3.8) is 0 Å². The van der Waals surface area contributed by atoms with Gasteiger partial charge in [0, 0.05) is 11.6 Å². The van der Waals surface area contributed by atoms with E-state index in [0.29, 0.717) is 17.5 Å². The van der Waals surface area contributed by atoms with Gasteiger partial charge >= 0.3 is 0 Å². The van der Waals surface area contributed by atoms with E-state index in [4.69, 9.17) is 14.2 Å². The lowest BCUT2D eigenvalue weighted by Gasteiger charge is -2.06. The van der Waals surface area contributed by atoms with Gasteiger partial charge in [-0.05, 0) is 29.8 Å². The summed E-state index contributed by atoms with van der Waals surface area (Å²) in [4.78, 5) is 4.20. The molecule has 1 aromatic heterocycles. The van der Waals surface area contributed by atoms with E-state index in [1.807, 2.05) is 24.3 Å². The molecule has 0 aliphatic heterocycles. The highest BCUT2D eigenvalue weighted by Gasteiger charge is 2.04. The number of hydrogen-bond donors (Lipinski definition) is 1. The molecule has 21 heavy (non-hydrogen) atoms. The highest BCUT2D eigenvalue weighted by atomic mass is 16.5. The first-order chi connectivity index (χ1) is 10.2. The van der Waals surface area contributed by atoms with Crippen LogP contribution < -0.4 is 14.2 Å². The fourth-order valence-corrected chi connectivity index (χ4v) is 1.83. The summed E-state index contributed by atoms with van der Waals surface area (Å²) >= 11 is 0. The molecule has 0 fully saturated rings. The summed E-state index contributed by atoms with van der Waals surface area (Å²) in [5.74, 6) is 1.50. The smallest absolute Gasteiger partial charge is 0.223 e. The summed E-state index contributed by atoms with van der Waals surface area (Å²) < 4.78 is 15.3. The Morgan fingerprint density at radius 2 is 1.76 bits per heavy atom. The first kappa shape index (κ1) is 14.7. The van der Waals surface area contributed by atoms with E-state index in [2.05, 4.69) is 4.98 Å². The van der Waals surface area contributed by atoms with Gasteiger partial charge < -0.3 is 19.3 Å². The van der Waals surface area contributed by atoms with Crippen molar-refractivity contribution in [1.29, 1.82) is 0 Å². The molecule has 1 heterocycles. The maximum absolute atomic E-state index is 9.75. The number of ether oxygens (including phenoxy) is 3. The van der Waals surface area contributed by atoms with Crippen molar-refractivity contribution in [3.8, 4) is 23.3 Å². The number of benzene rings is 1. The number of aromatic hydroxyl groups is 1. The van der Waals surface area contributed by atoms with Crippen LogP contribution >= 0.6 is 0 Å². The van der Waals surface area contributed by atoms with Crippen LogP contribution in [0.3, 0.4) is 0 Å². The van der Waals surface area contributed by atoms with Crippen LogP contribution in [0.4, 0.5) is 0 Å². The van der Waals surface area contributed by atoms with Crippen LogP contribution in [-0.2, 0) is 0 Å². The Bertz CT molecular complexity index is 653. The number of hydrogen-bond acceptors (Lipinski definition) is 5. The third-order valence-electron chi connectivity index (χ3n) is 2.92.